The van der Waals surface area contributed by atoms with Gasteiger partial charge in [0.2, 0.25) is 0 Å². The molecule has 2 aromatic heterocycles. The van der Waals surface area contributed by atoms with E-state index in [2.05, 4.69) is 25.9 Å². The molecule has 0 saturated heterocycles. The number of hydrogen-bond donors (Lipinski definition) is 1. The first kappa shape index (κ1) is 12.3. The van der Waals surface area contributed by atoms with Gasteiger partial charge >= 0.3 is 0 Å². The molecule has 0 fully saturated rings. The van der Waals surface area contributed by atoms with Crippen molar-refractivity contribution in [3.63, 3.8) is 0 Å². The molecule has 2 rings (SSSR count). The van der Waals surface area contributed by atoms with Gasteiger partial charge in [0.1, 0.15) is 5.82 Å². The van der Waals surface area contributed by atoms with Crippen LogP contribution in [-0.4, -0.2) is 15.3 Å². The zero-order valence-corrected chi connectivity index (χ0v) is 10.5. The summed E-state index contributed by atoms with van der Waals surface area (Å²) in [6.45, 7) is 0. The van der Waals surface area contributed by atoms with Gasteiger partial charge < -0.3 is 9.40 Å². The lowest BCUT2D eigenvalue weighted by atomic mass is 10.3. The van der Waals surface area contributed by atoms with E-state index in [1.807, 2.05) is 6.07 Å². The lowest BCUT2D eigenvalue weighted by Gasteiger charge is -1.83. The molecular formula is C10H12BrClN2O. The first-order valence-electron chi connectivity index (χ1n) is 4.48. The molecule has 2 aromatic rings. The van der Waals surface area contributed by atoms with Gasteiger partial charge in [-0.1, -0.05) is 15.9 Å². The van der Waals surface area contributed by atoms with Crippen LogP contribution in [0.4, 0.5) is 0 Å². The maximum Gasteiger partial charge on any atom is 0.120 e. The Morgan fingerprint density at radius 3 is 2.80 bits per heavy atom. The number of aryl methyl sites for hydroxylation is 1. The highest BCUT2D eigenvalue weighted by Crippen LogP contribution is 2.01. The number of hydrogen-bond acceptors (Lipinski definition) is 2. The molecule has 0 aromatic carbocycles. The topological polar surface area (TPSA) is 41.8 Å². The minimum Gasteiger partial charge on any atom is -0.472 e. The van der Waals surface area contributed by atoms with Crippen molar-refractivity contribution in [3.05, 3.63) is 42.4 Å². The normalized spacial score (nSPS) is 9.47. The summed E-state index contributed by atoms with van der Waals surface area (Å²) in [4.78, 5) is 6.69. The fourth-order valence-corrected chi connectivity index (χ4v) is 1.52. The predicted octanol–water partition coefficient (Wildman–Crippen LogP) is 3.37. The van der Waals surface area contributed by atoms with Crippen LogP contribution in [0.15, 0.2) is 35.4 Å². The van der Waals surface area contributed by atoms with Gasteiger partial charge in [0.05, 0.1) is 18.4 Å². The molecule has 0 unspecified atom stereocenters. The van der Waals surface area contributed by atoms with Crippen LogP contribution in [-0.2, 0) is 12.3 Å². The van der Waals surface area contributed by atoms with Crippen molar-refractivity contribution in [3.8, 4) is 0 Å². The molecule has 0 aliphatic carbocycles. The molecule has 0 spiro atoms. The highest BCUT2D eigenvalue weighted by Gasteiger charge is 1.88. The standard InChI is InChI=1S/C6H7BrO.C4H5ClN2/c7-3-1-6-2-4-8-5-6;5-3-4-6-1-2-7-4/h2,4-5H,1,3H2;1-2H,3H2,(H,6,7). The Balaban J connectivity index is 0.000000151. The van der Waals surface area contributed by atoms with Gasteiger partial charge in [-0.15, -0.1) is 11.6 Å². The summed E-state index contributed by atoms with van der Waals surface area (Å²) in [5, 5.41) is 1.01. The molecule has 0 atom stereocenters. The number of furan rings is 1. The maximum atomic E-state index is 5.37. The third-order valence-electron chi connectivity index (χ3n) is 1.64. The number of nitrogens with zero attached hydrogens (tertiary/aromatic N) is 1. The van der Waals surface area contributed by atoms with Crippen molar-refractivity contribution < 1.29 is 4.42 Å². The maximum absolute atomic E-state index is 5.37. The second-order valence-corrected chi connectivity index (χ2v) is 3.80. The average molecular weight is 292 g/mol. The molecular weight excluding hydrogens is 279 g/mol. The Kier molecular flexibility index (Phi) is 6.20. The van der Waals surface area contributed by atoms with Crippen molar-refractivity contribution >= 4 is 27.5 Å². The smallest absolute Gasteiger partial charge is 0.120 e. The molecule has 0 radical (unpaired) electrons. The second kappa shape index (κ2) is 7.54. The van der Waals surface area contributed by atoms with E-state index in [1.165, 1.54) is 5.56 Å². The zero-order chi connectivity index (χ0) is 10.9. The lowest BCUT2D eigenvalue weighted by molar-refractivity contribution is 0.564. The van der Waals surface area contributed by atoms with Crippen LogP contribution < -0.4 is 0 Å². The Morgan fingerprint density at radius 2 is 2.40 bits per heavy atom. The first-order chi connectivity index (χ1) is 7.36. The fraction of sp³-hybridized carbons (Fsp3) is 0.300. The van der Waals surface area contributed by atoms with Crippen LogP contribution in [0.5, 0.6) is 0 Å². The molecule has 2 heterocycles. The van der Waals surface area contributed by atoms with Crippen molar-refractivity contribution in [2.24, 2.45) is 0 Å². The van der Waals surface area contributed by atoms with Gasteiger partial charge in [-0.3, -0.25) is 0 Å². The molecule has 3 nitrogen and oxygen atoms in total. The minimum absolute atomic E-state index is 0.465. The van der Waals surface area contributed by atoms with E-state index in [1.54, 1.807) is 24.9 Å². The number of alkyl halides is 2. The van der Waals surface area contributed by atoms with E-state index < -0.39 is 0 Å². The van der Waals surface area contributed by atoms with Crippen LogP contribution in [0.1, 0.15) is 11.4 Å². The van der Waals surface area contributed by atoms with Gasteiger partial charge in [0, 0.05) is 17.7 Å². The van der Waals surface area contributed by atoms with E-state index in [0.717, 1.165) is 17.6 Å². The Hall–Kier alpha value is -0.740. The van der Waals surface area contributed by atoms with E-state index in [0.29, 0.717) is 5.88 Å². The molecule has 0 saturated carbocycles. The largest absolute Gasteiger partial charge is 0.472 e. The van der Waals surface area contributed by atoms with Crippen LogP contribution in [0.2, 0.25) is 0 Å². The first-order valence-corrected chi connectivity index (χ1v) is 6.13. The van der Waals surface area contributed by atoms with Gasteiger partial charge in [0.15, 0.2) is 0 Å². The van der Waals surface area contributed by atoms with E-state index in [4.69, 9.17) is 16.0 Å². The molecule has 82 valence electrons. The third-order valence-corrected chi connectivity index (χ3v) is 2.29. The molecule has 0 aliphatic heterocycles. The highest BCUT2D eigenvalue weighted by molar-refractivity contribution is 9.09. The van der Waals surface area contributed by atoms with E-state index >= 15 is 0 Å². The second-order valence-electron chi connectivity index (χ2n) is 2.74. The summed E-state index contributed by atoms with van der Waals surface area (Å²) in [7, 11) is 0. The molecule has 15 heavy (non-hydrogen) atoms. The van der Waals surface area contributed by atoms with Gasteiger partial charge in [0.25, 0.3) is 0 Å². The summed E-state index contributed by atoms with van der Waals surface area (Å²) < 4.78 is 4.85. The quantitative estimate of drug-likeness (QED) is 0.881. The number of aromatic amines is 1. The number of rotatable bonds is 3. The number of nitrogens with one attached hydrogen (secondary N) is 1. The number of H-pyrrole nitrogens is 1. The van der Waals surface area contributed by atoms with E-state index in [-0.39, 0.29) is 0 Å². The molecule has 0 aliphatic rings. The molecule has 1 N–H and O–H groups in total. The van der Waals surface area contributed by atoms with Crippen molar-refractivity contribution in [1.29, 1.82) is 0 Å². The van der Waals surface area contributed by atoms with Gasteiger partial charge in [-0.25, -0.2) is 4.98 Å². The third kappa shape index (κ3) is 5.04. The van der Waals surface area contributed by atoms with Crippen molar-refractivity contribution in [2.45, 2.75) is 12.3 Å². The molecule has 0 bridgehead atoms. The van der Waals surface area contributed by atoms with Crippen molar-refractivity contribution in [2.75, 3.05) is 5.33 Å². The average Bonchev–Trinajstić information content (AvgIpc) is 2.91. The Bertz CT molecular complexity index is 334. The SMILES string of the molecule is BrCCc1ccoc1.ClCc1ncc[nH]1. The summed E-state index contributed by atoms with van der Waals surface area (Å²) >= 11 is 8.70. The van der Waals surface area contributed by atoms with Crippen molar-refractivity contribution in [1.82, 2.24) is 9.97 Å². The summed E-state index contributed by atoms with van der Waals surface area (Å²) in [5.74, 6) is 1.29. The monoisotopic (exact) mass is 290 g/mol. The lowest BCUT2D eigenvalue weighted by Crippen LogP contribution is -1.78. The summed E-state index contributed by atoms with van der Waals surface area (Å²) in [5.41, 5.74) is 1.25. The van der Waals surface area contributed by atoms with Gasteiger partial charge in [-0.2, -0.15) is 0 Å². The molecule has 0 amide bonds. The number of aromatic nitrogens is 2. The Morgan fingerprint density at radius 1 is 1.53 bits per heavy atom. The molecule has 5 heteroatoms. The van der Waals surface area contributed by atoms with Crippen LogP contribution >= 0.6 is 27.5 Å². The fourth-order valence-electron chi connectivity index (χ4n) is 0.915. The van der Waals surface area contributed by atoms with E-state index in [9.17, 15) is 0 Å². The summed E-state index contributed by atoms with van der Waals surface area (Å²) in [6, 6.07) is 1.97. The zero-order valence-electron chi connectivity index (χ0n) is 8.12. The van der Waals surface area contributed by atoms with Crippen LogP contribution in [0.25, 0.3) is 0 Å². The number of halogens is 2. The highest BCUT2D eigenvalue weighted by atomic mass is 79.9. The Labute approximate surface area is 102 Å². The van der Waals surface area contributed by atoms with Crippen LogP contribution in [0, 0.1) is 0 Å². The predicted molar refractivity (Wildman–Crippen MR) is 64.4 cm³/mol. The van der Waals surface area contributed by atoms with Crippen LogP contribution in [0.3, 0.4) is 0 Å². The number of imidazole rings is 1. The summed E-state index contributed by atoms with van der Waals surface area (Å²) in [6.07, 6.45) is 7.94. The van der Waals surface area contributed by atoms with Gasteiger partial charge in [-0.05, 0) is 18.1 Å². The minimum atomic E-state index is 0.465.